The summed E-state index contributed by atoms with van der Waals surface area (Å²) in [7, 11) is 0. The first-order valence-electron chi connectivity index (χ1n) is 9.03. The molecule has 0 spiro atoms. The van der Waals surface area contributed by atoms with Gasteiger partial charge in [-0.3, -0.25) is 14.4 Å². The van der Waals surface area contributed by atoms with Crippen LogP contribution in [0.15, 0.2) is 71.5 Å². The molecule has 0 atom stereocenters. The molecule has 2 N–H and O–H groups in total. The van der Waals surface area contributed by atoms with Crippen LogP contribution < -0.4 is 20.9 Å². The summed E-state index contributed by atoms with van der Waals surface area (Å²) >= 11 is 0. The number of hydrogen-bond acceptors (Lipinski definition) is 5. The van der Waals surface area contributed by atoms with E-state index >= 15 is 0 Å². The van der Waals surface area contributed by atoms with Gasteiger partial charge < -0.3 is 15.4 Å². The predicted octanol–water partition coefficient (Wildman–Crippen LogP) is 2.53. The summed E-state index contributed by atoms with van der Waals surface area (Å²) in [5.41, 5.74) is 0.623. The number of ether oxygens (including phenoxy) is 1. The minimum absolute atomic E-state index is 0.0240. The van der Waals surface area contributed by atoms with Crippen molar-refractivity contribution in [2.24, 2.45) is 0 Å². The molecule has 0 radical (unpaired) electrons. The van der Waals surface area contributed by atoms with Crippen molar-refractivity contribution in [3.05, 3.63) is 82.8 Å². The van der Waals surface area contributed by atoms with Gasteiger partial charge in [-0.05, 0) is 37.3 Å². The summed E-state index contributed by atoms with van der Waals surface area (Å²) < 4.78 is 6.41. The zero-order valence-corrected chi connectivity index (χ0v) is 15.8. The van der Waals surface area contributed by atoms with Crippen molar-refractivity contribution >= 4 is 23.2 Å². The van der Waals surface area contributed by atoms with Crippen molar-refractivity contribution < 1.29 is 14.3 Å². The summed E-state index contributed by atoms with van der Waals surface area (Å²) in [5, 5.41) is 9.39. The van der Waals surface area contributed by atoms with Crippen molar-refractivity contribution in [3.63, 3.8) is 0 Å². The van der Waals surface area contributed by atoms with E-state index in [2.05, 4.69) is 15.7 Å². The molecule has 3 rings (SSSR count). The van der Waals surface area contributed by atoms with Crippen LogP contribution in [0.3, 0.4) is 0 Å². The number of nitrogens with one attached hydrogen (secondary N) is 2. The Bertz CT molecular complexity index is 1060. The zero-order chi connectivity index (χ0) is 20.6. The molecule has 0 fully saturated rings. The molecular weight excluding hydrogens is 372 g/mol. The zero-order valence-electron chi connectivity index (χ0n) is 15.8. The minimum atomic E-state index is -0.491. The van der Waals surface area contributed by atoms with Gasteiger partial charge >= 0.3 is 0 Å². The Kier molecular flexibility index (Phi) is 6.36. The van der Waals surface area contributed by atoms with Crippen LogP contribution in [0.2, 0.25) is 0 Å². The van der Waals surface area contributed by atoms with Gasteiger partial charge in [-0.1, -0.05) is 30.3 Å². The van der Waals surface area contributed by atoms with Gasteiger partial charge in [0.15, 0.2) is 0 Å². The molecule has 8 heteroatoms. The fourth-order valence-electron chi connectivity index (χ4n) is 2.58. The quantitative estimate of drug-likeness (QED) is 0.643. The molecule has 2 amide bonds. The molecular formula is C21H20N4O4. The number of para-hydroxylation sites is 3. The molecule has 8 nitrogen and oxygen atoms in total. The number of carbonyl (C=O) groups excluding carboxylic acids is 2. The van der Waals surface area contributed by atoms with E-state index in [1.54, 1.807) is 48.5 Å². The number of aromatic nitrogens is 2. The number of hydrogen-bond donors (Lipinski definition) is 2. The average molecular weight is 392 g/mol. The molecule has 3 aromatic rings. The van der Waals surface area contributed by atoms with Gasteiger partial charge in [0.05, 0.1) is 12.3 Å². The molecule has 148 valence electrons. The normalized spacial score (nSPS) is 10.2. The maximum absolute atomic E-state index is 12.4. The van der Waals surface area contributed by atoms with Crippen LogP contribution in [-0.4, -0.2) is 28.2 Å². The van der Waals surface area contributed by atoms with E-state index in [4.69, 9.17) is 4.74 Å². The van der Waals surface area contributed by atoms with E-state index in [1.165, 1.54) is 12.1 Å². The van der Waals surface area contributed by atoms with Gasteiger partial charge in [0.1, 0.15) is 18.0 Å². The predicted molar refractivity (Wildman–Crippen MR) is 109 cm³/mol. The number of anilines is 2. The summed E-state index contributed by atoms with van der Waals surface area (Å²) in [5.74, 6) is -0.418. The maximum atomic E-state index is 12.4. The third-order valence-corrected chi connectivity index (χ3v) is 3.89. The second kappa shape index (κ2) is 9.32. The molecule has 0 saturated heterocycles. The standard InChI is InChI=1S/C21H20N4O4/c1-2-29-18-11-7-6-10-16(18)23-19(26)14-25-20(27)13-12-17(24-25)21(28)22-15-8-4-3-5-9-15/h3-13H,2,14H2,1H3,(H,22,28)(H,23,26). The largest absolute Gasteiger partial charge is 0.492 e. The van der Waals surface area contributed by atoms with Crippen molar-refractivity contribution in [1.82, 2.24) is 9.78 Å². The van der Waals surface area contributed by atoms with E-state index in [0.717, 1.165) is 4.68 Å². The molecule has 0 bridgehead atoms. The van der Waals surface area contributed by atoms with Crippen molar-refractivity contribution in [2.45, 2.75) is 13.5 Å². The van der Waals surface area contributed by atoms with Crippen LogP contribution in [0.25, 0.3) is 0 Å². The van der Waals surface area contributed by atoms with Gasteiger partial charge in [-0.2, -0.15) is 5.10 Å². The fraction of sp³-hybridized carbons (Fsp3) is 0.143. The van der Waals surface area contributed by atoms with Crippen molar-refractivity contribution in [1.29, 1.82) is 0 Å². The molecule has 1 heterocycles. The fourth-order valence-corrected chi connectivity index (χ4v) is 2.58. The lowest BCUT2D eigenvalue weighted by molar-refractivity contribution is -0.117. The second-order valence-electron chi connectivity index (χ2n) is 6.01. The third kappa shape index (κ3) is 5.29. The molecule has 29 heavy (non-hydrogen) atoms. The lowest BCUT2D eigenvalue weighted by Crippen LogP contribution is -2.31. The number of carbonyl (C=O) groups is 2. The molecule has 0 unspecified atom stereocenters. The lowest BCUT2D eigenvalue weighted by Gasteiger charge is -2.12. The second-order valence-corrected chi connectivity index (χ2v) is 6.01. The number of amides is 2. The van der Waals surface area contributed by atoms with Crippen LogP contribution >= 0.6 is 0 Å². The highest BCUT2D eigenvalue weighted by Gasteiger charge is 2.13. The van der Waals surface area contributed by atoms with Crippen LogP contribution in [0.1, 0.15) is 17.4 Å². The van der Waals surface area contributed by atoms with E-state index in [-0.39, 0.29) is 12.2 Å². The maximum Gasteiger partial charge on any atom is 0.276 e. The number of benzene rings is 2. The summed E-state index contributed by atoms with van der Waals surface area (Å²) in [6.45, 7) is 1.95. The molecule has 1 aromatic heterocycles. The monoisotopic (exact) mass is 392 g/mol. The SMILES string of the molecule is CCOc1ccccc1NC(=O)Cn1nc(C(=O)Nc2ccccc2)ccc1=O. The first kappa shape index (κ1) is 19.8. The van der Waals surface area contributed by atoms with Gasteiger partial charge in [-0.15, -0.1) is 0 Å². The highest BCUT2D eigenvalue weighted by molar-refractivity contribution is 6.02. The highest BCUT2D eigenvalue weighted by Crippen LogP contribution is 2.23. The Morgan fingerprint density at radius 2 is 1.69 bits per heavy atom. The Morgan fingerprint density at radius 1 is 0.966 bits per heavy atom. The summed E-state index contributed by atoms with van der Waals surface area (Å²) in [4.78, 5) is 36.8. The topological polar surface area (TPSA) is 102 Å². The van der Waals surface area contributed by atoms with Crippen LogP contribution in [0, 0.1) is 0 Å². The Hall–Kier alpha value is -3.94. The van der Waals surface area contributed by atoms with E-state index in [1.807, 2.05) is 13.0 Å². The summed E-state index contributed by atoms with van der Waals surface area (Å²) in [6, 6.07) is 18.4. The van der Waals surface area contributed by atoms with Gasteiger partial charge in [0.25, 0.3) is 11.5 Å². The van der Waals surface area contributed by atoms with Crippen LogP contribution in [0.5, 0.6) is 5.75 Å². The number of rotatable bonds is 7. The smallest absolute Gasteiger partial charge is 0.276 e. The van der Waals surface area contributed by atoms with Crippen LogP contribution in [-0.2, 0) is 11.3 Å². The molecule has 0 saturated carbocycles. The van der Waals surface area contributed by atoms with E-state index in [9.17, 15) is 14.4 Å². The van der Waals surface area contributed by atoms with E-state index < -0.39 is 17.4 Å². The highest BCUT2D eigenvalue weighted by atomic mass is 16.5. The van der Waals surface area contributed by atoms with Crippen molar-refractivity contribution in [3.8, 4) is 5.75 Å². The number of nitrogens with zero attached hydrogens (tertiary/aromatic N) is 2. The Morgan fingerprint density at radius 3 is 2.45 bits per heavy atom. The first-order chi connectivity index (χ1) is 14.1. The molecule has 0 aliphatic carbocycles. The Balaban J connectivity index is 1.72. The minimum Gasteiger partial charge on any atom is -0.492 e. The molecule has 0 aliphatic rings. The van der Waals surface area contributed by atoms with Gasteiger partial charge in [0, 0.05) is 11.8 Å². The van der Waals surface area contributed by atoms with Gasteiger partial charge in [-0.25, -0.2) is 4.68 Å². The lowest BCUT2D eigenvalue weighted by atomic mass is 10.3. The first-order valence-corrected chi connectivity index (χ1v) is 9.03. The molecule has 0 aliphatic heterocycles. The summed E-state index contributed by atoms with van der Waals surface area (Å²) in [6.07, 6.45) is 0. The van der Waals surface area contributed by atoms with Crippen LogP contribution in [0.4, 0.5) is 11.4 Å². The van der Waals surface area contributed by atoms with Gasteiger partial charge in [0.2, 0.25) is 5.91 Å². The average Bonchev–Trinajstić information content (AvgIpc) is 2.72. The Labute approximate surface area is 167 Å². The van der Waals surface area contributed by atoms with Crippen molar-refractivity contribution in [2.75, 3.05) is 17.2 Å². The molecule has 2 aromatic carbocycles. The van der Waals surface area contributed by atoms with E-state index in [0.29, 0.717) is 23.7 Å². The third-order valence-electron chi connectivity index (χ3n) is 3.89.